The van der Waals surface area contributed by atoms with Crippen LogP contribution in [-0.4, -0.2) is 6.21 Å². The lowest BCUT2D eigenvalue weighted by Crippen LogP contribution is -2.15. The van der Waals surface area contributed by atoms with E-state index >= 15 is 0 Å². The lowest BCUT2D eigenvalue weighted by Gasteiger charge is -2.27. The van der Waals surface area contributed by atoms with Crippen molar-refractivity contribution in [2.45, 2.75) is 66.2 Å². The molecular weight excluding hydrogens is 364 g/mol. The first-order valence-corrected chi connectivity index (χ1v) is 11.1. The summed E-state index contributed by atoms with van der Waals surface area (Å²) in [6, 6.07) is 15.1. The van der Waals surface area contributed by atoms with Gasteiger partial charge in [0.25, 0.3) is 0 Å². The molecule has 1 atom stereocenters. The molecule has 158 valence electrons. The fraction of sp³-hybridized carbons (Fsp3) is 0.393. The van der Waals surface area contributed by atoms with Crippen LogP contribution in [0.5, 0.6) is 0 Å². The number of allylic oxidation sites excluding steroid dienone is 4. The summed E-state index contributed by atoms with van der Waals surface area (Å²) in [5.74, 6) is 1.19. The van der Waals surface area contributed by atoms with Crippen molar-refractivity contribution in [2.75, 3.05) is 5.43 Å². The second-order valence-corrected chi connectivity index (χ2v) is 9.85. The molecule has 1 unspecified atom stereocenters. The van der Waals surface area contributed by atoms with Crippen LogP contribution in [0.15, 0.2) is 71.4 Å². The van der Waals surface area contributed by atoms with Crippen LogP contribution in [-0.2, 0) is 0 Å². The predicted octanol–water partition coefficient (Wildman–Crippen LogP) is 8.01. The average molecular weight is 401 g/mol. The minimum Gasteiger partial charge on any atom is -0.278 e. The van der Waals surface area contributed by atoms with Gasteiger partial charge in [-0.1, -0.05) is 115 Å². The van der Waals surface area contributed by atoms with Gasteiger partial charge >= 0.3 is 0 Å². The first-order chi connectivity index (χ1) is 14.2. The van der Waals surface area contributed by atoms with Crippen LogP contribution in [0.25, 0.3) is 0 Å². The molecule has 2 aromatic rings. The van der Waals surface area contributed by atoms with Crippen LogP contribution in [0.2, 0.25) is 0 Å². The monoisotopic (exact) mass is 400 g/mol. The third kappa shape index (κ3) is 4.75. The van der Waals surface area contributed by atoms with E-state index in [0.717, 1.165) is 11.3 Å². The molecule has 1 aliphatic carbocycles. The molecule has 0 bridgehead atoms. The molecule has 2 nitrogen and oxygen atoms in total. The molecule has 0 spiro atoms. The number of hydrogen-bond donors (Lipinski definition) is 1. The van der Waals surface area contributed by atoms with Crippen LogP contribution in [0.1, 0.15) is 88.5 Å². The van der Waals surface area contributed by atoms with E-state index in [1.54, 1.807) is 0 Å². The second-order valence-electron chi connectivity index (χ2n) is 9.85. The van der Waals surface area contributed by atoms with E-state index in [1.807, 2.05) is 6.21 Å². The summed E-state index contributed by atoms with van der Waals surface area (Å²) >= 11 is 0. The van der Waals surface area contributed by atoms with Gasteiger partial charge in [0.05, 0.1) is 11.9 Å². The number of nitrogens with zero attached hydrogens (tertiary/aromatic N) is 1. The molecule has 2 heteroatoms. The van der Waals surface area contributed by atoms with E-state index in [-0.39, 0.29) is 5.41 Å². The highest BCUT2D eigenvalue weighted by molar-refractivity contribution is 5.83. The SMILES string of the molecule is CC(C)c1cccc(C(C)C)c1NN=Cc1ccccc1C1C=CC=C1C(C)(C)C. The lowest BCUT2D eigenvalue weighted by atomic mass is 9.77. The zero-order valence-electron chi connectivity index (χ0n) is 19.5. The van der Waals surface area contributed by atoms with E-state index in [0.29, 0.717) is 17.8 Å². The zero-order chi connectivity index (χ0) is 21.9. The van der Waals surface area contributed by atoms with Gasteiger partial charge in [0.2, 0.25) is 0 Å². The average Bonchev–Trinajstić information content (AvgIpc) is 3.18. The maximum Gasteiger partial charge on any atom is 0.0630 e. The molecule has 0 saturated heterocycles. The van der Waals surface area contributed by atoms with Crippen molar-refractivity contribution >= 4 is 11.9 Å². The van der Waals surface area contributed by atoms with Crippen molar-refractivity contribution in [3.8, 4) is 0 Å². The predicted molar refractivity (Wildman–Crippen MR) is 132 cm³/mol. The molecule has 0 aliphatic heterocycles. The largest absolute Gasteiger partial charge is 0.278 e. The van der Waals surface area contributed by atoms with E-state index in [2.05, 4.69) is 115 Å². The Morgan fingerprint density at radius 1 is 0.900 bits per heavy atom. The summed E-state index contributed by atoms with van der Waals surface area (Å²) in [5, 5.41) is 4.70. The molecule has 0 heterocycles. The third-order valence-electron chi connectivity index (χ3n) is 5.86. The highest BCUT2D eigenvalue weighted by atomic mass is 15.3. The summed E-state index contributed by atoms with van der Waals surface area (Å²) in [7, 11) is 0. The van der Waals surface area contributed by atoms with Crippen LogP contribution < -0.4 is 5.43 Å². The fourth-order valence-electron chi connectivity index (χ4n) is 4.22. The summed E-state index contributed by atoms with van der Waals surface area (Å²) in [6.07, 6.45) is 8.73. The molecule has 0 aromatic heterocycles. The topological polar surface area (TPSA) is 24.4 Å². The first kappa shape index (κ1) is 22.1. The molecule has 0 radical (unpaired) electrons. The standard InChI is InChI=1S/C28H36N2/c1-19(2)22-14-10-15-23(20(3)4)27(22)30-29-18-21-12-8-9-13-24(21)25-16-11-17-26(25)28(5,6)7/h8-20,25,30H,1-7H3. The highest BCUT2D eigenvalue weighted by Crippen LogP contribution is 2.42. The number of rotatable bonds is 6. The fourth-order valence-corrected chi connectivity index (χ4v) is 4.22. The Morgan fingerprint density at radius 3 is 2.13 bits per heavy atom. The Labute approximate surface area is 182 Å². The van der Waals surface area contributed by atoms with Gasteiger partial charge in [0, 0.05) is 5.92 Å². The number of hydrazone groups is 1. The van der Waals surface area contributed by atoms with Crippen molar-refractivity contribution < 1.29 is 0 Å². The minimum atomic E-state index is 0.138. The van der Waals surface area contributed by atoms with Crippen LogP contribution in [0, 0.1) is 5.41 Å². The van der Waals surface area contributed by atoms with Gasteiger partial charge in [-0.2, -0.15) is 5.10 Å². The smallest absolute Gasteiger partial charge is 0.0630 e. The summed E-state index contributed by atoms with van der Waals surface area (Å²) in [6.45, 7) is 15.8. The zero-order valence-corrected chi connectivity index (χ0v) is 19.5. The number of benzene rings is 2. The molecular formula is C28H36N2. The van der Waals surface area contributed by atoms with Gasteiger partial charge < -0.3 is 0 Å². The Hall–Kier alpha value is -2.61. The van der Waals surface area contributed by atoms with Crippen molar-refractivity contribution in [3.05, 3.63) is 88.5 Å². The minimum absolute atomic E-state index is 0.138. The van der Waals surface area contributed by atoms with Gasteiger partial charge in [0.1, 0.15) is 0 Å². The lowest BCUT2D eigenvalue weighted by molar-refractivity contribution is 0.483. The summed E-state index contributed by atoms with van der Waals surface area (Å²) in [5.41, 5.74) is 11.2. The molecule has 2 aromatic carbocycles. The van der Waals surface area contributed by atoms with Crippen LogP contribution in [0.4, 0.5) is 5.69 Å². The molecule has 30 heavy (non-hydrogen) atoms. The summed E-state index contributed by atoms with van der Waals surface area (Å²) in [4.78, 5) is 0. The van der Waals surface area contributed by atoms with Crippen molar-refractivity contribution in [1.82, 2.24) is 0 Å². The van der Waals surface area contributed by atoms with Gasteiger partial charge in [-0.15, -0.1) is 0 Å². The Kier molecular flexibility index (Phi) is 6.65. The number of hydrogen-bond acceptors (Lipinski definition) is 2. The molecule has 0 saturated carbocycles. The molecule has 0 fully saturated rings. The van der Waals surface area contributed by atoms with Crippen molar-refractivity contribution in [3.63, 3.8) is 0 Å². The van der Waals surface area contributed by atoms with E-state index in [4.69, 9.17) is 5.10 Å². The molecule has 3 rings (SSSR count). The normalized spacial score (nSPS) is 16.7. The number of para-hydroxylation sites is 1. The maximum absolute atomic E-state index is 4.70. The van der Waals surface area contributed by atoms with E-state index in [1.165, 1.54) is 22.3 Å². The van der Waals surface area contributed by atoms with Crippen molar-refractivity contribution in [2.24, 2.45) is 10.5 Å². The van der Waals surface area contributed by atoms with Crippen molar-refractivity contribution in [1.29, 1.82) is 0 Å². The number of nitrogens with one attached hydrogen (secondary N) is 1. The highest BCUT2D eigenvalue weighted by Gasteiger charge is 2.27. The van der Waals surface area contributed by atoms with Gasteiger partial charge in [-0.3, -0.25) is 5.43 Å². The maximum atomic E-state index is 4.70. The van der Waals surface area contributed by atoms with Gasteiger partial charge in [0.15, 0.2) is 0 Å². The van der Waals surface area contributed by atoms with Gasteiger partial charge in [-0.25, -0.2) is 0 Å². The van der Waals surface area contributed by atoms with Gasteiger partial charge in [-0.05, 0) is 39.5 Å². The molecule has 1 aliphatic rings. The Balaban J connectivity index is 1.92. The Bertz CT molecular complexity index is 942. The molecule has 0 amide bonds. The van der Waals surface area contributed by atoms with E-state index < -0.39 is 0 Å². The first-order valence-electron chi connectivity index (χ1n) is 11.1. The van der Waals surface area contributed by atoms with Crippen LogP contribution >= 0.6 is 0 Å². The second kappa shape index (κ2) is 9.04. The van der Waals surface area contributed by atoms with Crippen LogP contribution in [0.3, 0.4) is 0 Å². The quantitative estimate of drug-likeness (QED) is 0.385. The summed E-state index contributed by atoms with van der Waals surface area (Å²) < 4.78 is 0. The molecule has 1 N–H and O–H groups in total. The third-order valence-corrected chi connectivity index (χ3v) is 5.86. The number of anilines is 1. The Morgan fingerprint density at radius 2 is 1.53 bits per heavy atom. The van der Waals surface area contributed by atoms with E-state index in [9.17, 15) is 0 Å².